The van der Waals surface area contributed by atoms with Crippen molar-refractivity contribution in [2.24, 2.45) is 0 Å². The van der Waals surface area contributed by atoms with E-state index in [0.29, 0.717) is 6.61 Å². The maximum Gasteiger partial charge on any atom is 0.206 e. The number of hydrogen-bond acceptors (Lipinski definition) is 6. The summed E-state index contributed by atoms with van der Waals surface area (Å²) in [7, 11) is 1.73. The molecule has 0 aromatic carbocycles. The minimum atomic E-state index is -0.147. The fourth-order valence-electron chi connectivity index (χ4n) is 3.28. The van der Waals surface area contributed by atoms with Gasteiger partial charge in [-0.15, -0.1) is 16.4 Å². The zero-order chi connectivity index (χ0) is 17.4. The van der Waals surface area contributed by atoms with E-state index in [1.54, 1.807) is 24.8 Å². The lowest BCUT2D eigenvalue weighted by molar-refractivity contribution is -0.672. The number of rotatable bonds is 6. The molecule has 0 spiro atoms. The summed E-state index contributed by atoms with van der Waals surface area (Å²) in [5.74, 6) is 0.845. The molecule has 0 saturated carbocycles. The highest BCUT2D eigenvalue weighted by Gasteiger charge is 2.30. The number of quaternary nitrogens is 1. The molecule has 0 bridgehead atoms. The average Bonchev–Trinajstić information content (AvgIpc) is 3.13. The average molecular weight is 362 g/mol. The molecule has 7 nitrogen and oxygen atoms in total. The zero-order valence-electron chi connectivity index (χ0n) is 14.9. The number of fused-ring (bicyclic) bond motifs is 5. The second-order valence-corrected chi connectivity index (χ2v) is 8.16. The molecule has 1 aliphatic heterocycles. The maximum atomic E-state index is 5.95. The lowest BCUT2D eigenvalue weighted by atomic mass is 9.94. The predicted octanol–water partition coefficient (Wildman–Crippen LogP) is 1.29. The van der Waals surface area contributed by atoms with Gasteiger partial charge in [-0.1, -0.05) is 0 Å². The van der Waals surface area contributed by atoms with Crippen LogP contribution in [0.15, 0.2) is 6.33 Å². The lowest BCUT2D eigenvalue weighted by Gasteiger charge is -2.30. The first-order valence-electron chi connectivity index (χ1n) is 8.66. The third-order valence-corrected chi connectivity index (χ3v) is 5.65. The summed E-state index contributed by atoms with van der Waals surface area (Å²) < 4.78 is 12.8. The van der Waals surface area contributed by atoms with Crippen molar-refractivity contribution in [3.05, 3.63) is 22.6 Å². The smallest absolute Gasteiger partial charge is 0.206 e. The van der Waals surface area contributed by atoms with Crippen LogP contribution in [-0.4, -0.2) is 45.4 Å². The minimum Gasteiger partial charge on any atom is -0.384 e. The lowest BCUT2D eigenvalue weighted by Crippen LogP contribution is -2.82. The molecular formula is C17H24N5O2S+. The van der Waals surface area contributed by atoms with Gasteiger partial charge in [-0.2, -0.15) is 0 Å². The van der Waals surface area contributed by atoms with Crippen LogP contribution in [0, 0.1) is 0 Å². The quantitative estimate of drug-likeness (QED) is 0.669. The van der Waals surface area contributed by atoms with Crippen molar-refractivity contribution in [2.75, 3.05) is 20.3 Å². The first-order chi connectivity index (χ1) is 12.1. The van der Waals surface area contributed by atoms with Crippen molar-refractivity contribution < 1.29 is 14.8 Å². The normalized spacial score (nSPS) is 16.6. The van der Waals surface area contributed by atoms with E-state index in [1.165, 1.54) is 10.4 Å². The molecule has 3 aromatic heterocycles. The van der Waals surface area contributed by atoms with E-state index in [2.05, 4.69) is 29.2 Å². The van der Waals surface area contributed by atoms with E-state index >= 15 is 0 Å². The second-order valence-electron chi connectivity index (χ2n) is 7.08. The standard InChI is InChI=1S/C17H23N5O2S/c1-17(2)7-11-12(9-24-17)25-16-14(11)15-20-13(21-22(15)10-19-16)8-18-5-4-6-23-3/h10,18H,4-9H2,1-3H3/p+1. The first-order valence-corrected chi connectivity index (χ1v) is 9.48. The minimum absolute atomic E-state index is 0.147. The van der Waals surface area contributed by atoms with Gasteiger partial charge in [0.2, 0.25) is 5.82 Å². The van der Waals surface area contributed by atoms with Crippen LogP contribution < -0.4 is 5.32 Å². The van der Waals surface area contributed by atoms with E-state index in [4.69, 9.17) is 14.5 Å². The van der Waals surface area contributed by atoms with E-state index < -0.39 is 0 Å². The first kappa shape index (κ1) is 16.8. The van der Waals surface area contributed by atoms with Crippen LogP contribution in [0.3, 0.4) is 0 Å². The highest BCUT2D eigenvalue weighted by Crippen LogP contribution is 2.39. The molecule has 0 atom stereocenters. The van der Waals surface area contributed by atoms with Gasteiger partial charge in [-0.3, -0.25) is 0 Å². The van der Waals surface area contributed by atoms with E-state index in [9.17, 15) is 0 Å². The Bertz CT molecular complexity index is 901. The fraction of sp³-hybridized carbons (Fsp3) is 0.588. The number of thiophene rings is 1. The highest BCUT2D eigenvalue weighted by atomic mass is 32.1. The molecule has 4 rings (SSSR count). The molecule has 1 aliphatic rings. The van der Waals surface area contributed by atoms with Gasteiger partial charge >= 0.3 is 0 Å². The molecule has 0 fully saturated rings. The second kappa shape index (κ2) is 6.60. The van der Waals surface area contributed by atoms with Crippen molar-refractivity contribution in [1.82, 2.24) is 19.6 Å². The number of nitrogens with two attached hydrogens (primary N) is 1. The van der Waals surface area contributed by atoms with Crippen LogP contribution in [0.1, 0.15) is 36.5 Å². The molecular weight excluding hydrogens is 338 g/mol. The molecule has 0 radical (unpaired) electrons. The van der Waals surface area contributed by atoms with Gasteiger partial charge in [-0.05, 0) is 19.4 Å². The van der Waals surface area contributed by atoms with E-state index in [0.717, 1.165) is 54.2 Å². The van der Waals surface area contributed by atoms with Crippen molar-refractivity contribution in [2.45, 2.75) is 45.4 Å². The van der Waals surface area contributed by atoms with Crippen LogP contribution in [0.25, 0.3) is 15.9 Å². The van der Waals surface area contributed by atoms with Crippen molar-refractivity contribution in [3.8, 4) is 0 Å². The fourth-order valence-corrected chi connectivity index (χ4v) is 4.34. The summed E-state index contributed by atoms with van der Waals surface area (Å²) in [6.07, 6.45) is 3.69. The molecule has 25 heavy (non-hydrogen) atoms. The molecule has 0 amide bonds. The monoisotopic (exact) mass is 362 g/mol. The number of hydrogen-bond donors (Lipinski definition) is 1. The topological polar surface area (TPSA) is 78.2 Å². The number of methoxy groups -OCH3 is 1. The van der Waals surface area contributed by atoms with Gasteiger partial charge in [0.1, 0.15) is 17.7 Å². The molecule has 0 unspecified atom stereocenters. The van der Waals surface area contributed by atoms with Gasteiger partial charge < -0.3 is 14.8 Å². The van der Waals surface area contributed by atoms with Gasteiger partial charge in [0.25, 0.3) is 0 Å². The number of nitrogens with zero attached hydrogens (tertiary/aromatic N) is 4. The van der Waals surface area contributed by atoms with Crippen LogP contribution >= 0.6 is 11.3 Å². The molecule has 2 N–H and O–H groups in total. The third kappa shape index (κ3) is 3.27. The largest absolute Gasteiger partial charge is 0.384 e. The Morgan fingerprint density at radius 1 is 1.44 bits per heavy atom. The maximum absolute atomic E-state index is 5.95. The van der Waals surface area contributed by atoms with Gasteiger partial charge in [0, 0.05) is 24.8 Å². The number of ether oxygens (including phenoxy) is 2. The van der Waals surface area contributed by atoms with E-state index in [1.807, 2.05) is 4.52 Å². The van der Waals surface area contributed by atoms with Crippen molar-refractivity contribution in [1.29, 1.82) is 0 Å². The summed E-state index contributed by atoms with van der Waals surface area (Å²) >= 11 is 1.71. The molecule has 8 heteroatoms. The van der Waals surface area contributed by atoms with Crippen molar-refractivity contribution in [3.63, 3.8) is 0 Å². The third-order valence-electron chi connectivity index (χ3n) is 4.54. The van der Waals surface area contributed by atoms with Crippen LogP contribution in [-0.2, 0) is 29.0 Å². The van der Waals surface area contributed by atoms with Crippen LogP contribution in [0.2, 0.25) is 0 Å². The SMILES string of the molecule is COCCC[NH2+]Cc1nc2c3c4c(sc3ncn2n1)COC(C)(C)C4. The summed E-state index contributed by atoms with van der Waals surface area (Å²) in [4.78, 5) is 11.7. The molecule has 4 heterocycles. The Labute approximate surface area is 150 Å². The molecule has 0 saturated heterocycles. The summed E-state index contributed by atoms with van der Waals surface area (Å²) in [6, 6.07) is 0. The Balaban J connectivity index is 1.65. The Morgan fingerprint density at radius 2 is 2.32 bits per heavy atom. The molecule has 134 valence electrons. The predicted molar refractivity (Wildman–Crippen MR) is 95.7 cm³/mol. The summed E-state index contributed by atoms with van der Waals surface area (Å²) in [5.41, 5.74) is 2.10. The zero-order valence-corrected chi connectivity index (χ0v) is 15.7. The van der Waals surface area contributed by atoms with Gasteiger partial charge in [-0.25, -0.2) is 14.5 Å². The van der Waals surface area contributed by atoms with Crippen LogP contribution in [0.5, 0.6) is 0 Å². The van der Waals surface area contributed by atoms with E-state index in [-0.39, 0.29) is 5.60 Å². The van der Waals surface area contributed by atoms with Gasteiger partial charge in [0.05, 0.1) is 30.7 Å². The van der Waals surface area contributed by atoms with Gasteiger partial charge in [0.15, 0.2) is 5.65 Å². The highest BCUT2D eigenvalue weighted by molar-refractivity contribution is 7.19. The Kier molecular flexibility index (Phi) is 4.45. The summed E-state index contributed by atoms with van der Waals surface area (Å²) in [6.45, 7) is 7.50. The van der Waals surface area contributed by atoms with Crippen LogP contribution in [0.4, 0.5) is 0 Å². The summed E-state index contributed by atoms with van der Waals surface area (Å²) in [5, 5.41) is 7.97. The molecule has 0 aliphatic carbocycles. The number of aromatic nitrogens is 4. The molecule has 3 aromatic rings. The van der Waals surface area contributed by atoms with Crippen molar-refractivity contribution >= 4 is 27.2 Å². The Morgan fingerprint density at radius 3 is 3.16 bits per heavy atom. The Hall–Kier alpha value is -1.61.